The molecule has 1 atom stereocenters. The Balaban J connectivity index is 3.04. The van der Waals surface area contributed by atoms with E-state index in [9.17, 15) is 0 Å². The van der Waals surface area contributed by atoms with Crippen LogP contribution in [0.15, 0.2) is 43.0 Å². The lowest BCUT2D eigenvalue weighted by atomic mass is 10.1. The van der Waals surface area contributed by atoms with E-state index >= 15 is 0 Å². The van der Waals surface area contributed by atoms with Crippen molar-refractivity contribution in [2.24, 2.45) is 0 Å². The first-order valence-corrected chi connectivity index (χ1v) is 6.01. The Kier molecular flexibility index (Phi) is 4.88. The van der Waals surface area contributed by atoms with Crippen LogP contribution in [0.5, 0.6) is 5.75 Å². The molecule has 0 aliphatic heterocycles. The van der Waals surface area contributed by atoms with Crippen LogP contribution >= 0.6 is 22.6 Å². The summed E-state index contributed by atoms with van der Waals surface area (Å²) < 4.78 is 5.65. The third-order valence-electron chi connectivity index (χ3n) is 2.10. The highest BCUT2D eigenvalue weighted by molar-refractivity contribution is 14.1. The predicted octanol–water partition coefficient (Wildman–Crippen LogP) is 4.22. The van der Waals surface area contributed by atoms with E-state index in [0.29, 0.717) is 3.92 Å². The van der Waals surface area contributed by atoms with Gasteiger partial charge in [-0.15, -0.1) is 0 Å². The summed E-state index contributed by atoms with van der Waals surface area (Å²) in [5, 5.41) is 0. The summed E-state index contributed by atoms with van der Waals surface area (Å²) in [5.41, 5.74) is 2.45. The van der Waals surface area contributed by atoms with Gasteiger partial charge < -0.3 is 4.74 Å². The Bertz CT molecular complexity index is 369. The first-order chi connectivity index (χ1) is 7.19. The number of halogens is 1. The first-order valence-electron chi connectivity index (χ1n) is 4.77. The Hall–Kier alpha value is -0.770. The van der Waals surface area contributed by atoms with Crippen LogP contribution in [0.25, 0.3) is 0 Å². The van der Waals surface area contributed by atoms with Crippen LogP contribution < -0.4 is 4.74 Å². The third-order valence-corrected chi connectivity index (χ3v) is 3.18. The van der Waals surface area contributed by atoms with Gasteiger partial charge >= 0.3 is 0 Å². The first kappa shape index (κ1) is 12.3. The summed E-state index contributed by atoms with van der Waals surface area (Å²) in [6, 6.07) is 6.23. The van der Waals surface area contributed by atoms with E-state index in [1.807, 2.05) is 12.1 Å². The Morgan fingerprint density at radius 1 is 1.47 bits per heavy atom. The molecule has 1 nitrogen and oxygen atoms in total. The average molecular weight is 314 g/mol. The summed E-state index contributed by atoms with van der Waals surface area (Å²) in [7, 11) is 1.70. The van der Waals surface area contributed by atoms with Crippen LogP contribution in [0.4, 0.5) is 0 Å². The van der Waals surface area contributed by atoms with Gasteiger partial charge in [-0.2, -0.15) is 0 Å². The highest BCUT2D eigenvalue weighted by Gasteiger charge is 2.09. The molecule has 1 aromatic carbocycles. The molecule has 15 heavy (non-hydrogen) atoms. The minimum Gasteiger partial charge on any atom is -0.496 e. The number of hydrogen-bond acceptors (Lipinski definition) is 1. The van der Waals surface area contributed by atoms with Crippen molar-refractivity contribution >= 4 is 22.6 Å². The lowest BCUT2D eigenvalue weighted by molar-refractivity contribution is 0.410. The Morgan fingerprint density at radius 3 is 2.80 bits per heavy atom. The van der Waals surface area contributed by atoms with Crippen molar-refractivity contribution in [1.29, 1.82) is 0 Å². The molecule has 2 heteroatoms. The van der Waals surface area contributed by atoms with Gasteiger partial charge in [-0.1, -0.05) is 65.1 Å². The zero-order valence-corrected chi connectivity index (χ0v) is 11.2. The highest BCUT2D eigenvalue weighted by Crippen LogP contribution is 2.33. The summed E-state index contributed by atoms with van der Waals surface area (Å²) in [6.07, 6.45) is 5.84. The lowest BCUT2D eigenvalue weighted by Crippen LogP contribution is -1.93. The number of aryl methyl sites for hydroxylation is 1. The number of ether oxygens (including phenoxy) is 1. The summed E-state index contributed by atoms with van der Waals surface area (Å²) >= 11 is 2.38. The molecule has 0 N–H and O–H groups in total. The summed E-state index contributed by atoms with van der Waals surface area (Å²) in [5.74, 6) is 0.939. The number of allylic oxidation sites excluding steroid dienone is 3. The molecule has 0 aromatic heterocycles. The molecule has 0 bridgehead atoms. The Labute approximate surface area is 105 Å². The minimum atomic E-state index is 0.315. The van der Waals surface area contributed by atoms with E-state index in [2.05, 4.69) is 54.3 Å². The smallest absolute Gasteiger partial charge is 0.123 e. The minimum absolute atomic E-state index is 0.315. The van der Waals surface area contributed by atoms with Crippen molar-refractivity contribution in [1.82, 2.24) is 0 Å². The molecule has 1 rings (SSSR count). The van der Waals surface area contributed by atoms with E-state index < -0.39 is 0 Å². The standard InChI is InChI=1S/C13H15IO/c1-4-5-6-12(14)11-9-10(2)7-8-13(11)15-3/h4-9,12H,1H2,2-3H3/b6-5-. The van der Waals surface area contributed by atoms with Gasteiger partial charge in [-0.05, 0) is 13.0 Å². The van der Waals surface area contributed by atoms with Crippen LogP contribution in [0.1, 0.15) is 15.1 Å². The fourth-order valence-corrected chi connectivity index (χ4v) is 2.08. The molecule has 0 saturated heterocycles. The van der Waals surface area contributed by atoms with Gasteiger partial charge in [0.15, 0.2) is 0 Å². The molecule has 0 saturated carbocycles. The average Bonchev–Trinajstić information content (AvgIpc) is 2.25. The topological polar surface area (TPSA) is 9.23 Å². The zero-order valence-electron chi connectivity index (χ0n) is 9.03. The van der Waals surface area contributed by atoms with E-state index in [1.165, 1.54) is 11.1 Å². The molecule has 0 aliphatic rings. The fraction of sp³-hybridized carbons (Fsp3) is 0.231. The number of hydrogen-bond donors (Lipinski definition) is 0. The molecular formula is C13H15IO. The molecule has 0 fully saturated rings. The van der Waals surface area contributed by atoms with Gasteiger partial charge in [0.1, 0.15) is 5.75 Å². The van der Waals surface area contributed by atoms with Crippen LogP contribution in [-0.4, -0.2) is 7.11 Å². The lowest BCUT2D eigenvalue weighted by Gasteiger charge is -2.11. The maximum Gasteiger partial charge on any atom is 0.123 e. The zero-order chi connectivity index (χ0) is 11.3. The molecule has 1 aromatic rings. The molecule has 0 aliphatic carbocycles. The van der Waals surface area contributed by atoms with Gasteiger partial charge in [0.25, 0.3) is 0 Å². The molecule has 1 unspecified atom stereocenters. The summed E-state index contributed by atoms with van der Waals surface area (Å²) in [4.78, 5) is 0. The van der Waals surface area contributed by atoms with Gasteiger partial charge in [-0.3, -0.25) is 0 Å². The second-order valence-electron chi connectivity index (χ2n) is 3.27. The SMILES string of the molecule is C=C/C=C\C(I)c1cc(C)ccc1OC. The molecule has 0 radical (unpaired) electrons. The van der Waals surface area contributed by atoms with Crippen LogP contribution in [0, 0.1) is 6.92 Å². The normalized spacial score (nSPS) is 12.7. The molecule has 80 valence electrons. The Morgan fingerprint density at radius 2 is 2.20 bits per heavy atom. The van der Waals surface area contributed by atoms with Crippen LogP contribution in [-0.2, 0) is 0 Å². The maximum atomic E-state index is 5.34. The third kappa shape index (κ3) is 3.38. The number of methoxy groups -OCH3 is 1. The van der Waals surface area contributed by atoms with E-state index in [4.69, 9.17) is 4.74 Å². The van der Waals surface area contributed by atoms with Crippen LogP contribution in [0.3, 0.4) is 0 Å². The molecular weight excluding hydrogens is 299 g/mol. The van der Waals surface area contributed by atoms with Gasteiger partial charge in [0.05, 0.1) is 11.0 Å². The predicted molar refractivity (Wildman–Crippen MR) is 73.8 cm³/mol. The monoisotopic (exact) mass is 314 g/mol. The highest BCUT2D eigenvalue weighted by atomic mass is 127. The number of rotatable bonds is 4. The molecule has 0 heterocycles. The van der Waals surface area contributed by atoms with Crippen molar-refractivity contribution in [3.05, 3.63) is 54.1 Å². The van der Waals surface area contributed by atoms with E-state index in [-0.39, 0.29) is 0 Å². The molecule has 0 amide bonds. The van der Waals surface area contributed by atoms with E-state index in [0.717, 1.165) is 5.75 Å². The van der Waals surface area contributed by atoms with Crippen molar-refractivity contribution in [3.8, 4) is 5.75 Å². The molecule has 0 spiro atoms. The van der Waals surface area contributed by atoms with Crippen molar-refractivity contribution in [3.63, 3.8) is 0 Å². The largest absolute Gasteiger partial charge is 0.496 e. The number of alkyl halides is 1. The van der Waals surface area contributed by atoms with Crippen molar-refractivity contribution in [2.45, 2.75) is 10.8 Å². The second-order valence-corrected chi connectivity index (χ2v) is 4.61. The quantitative estimate of drug-likeness (QED) is 0.459. The number of benzene rings is 1. The second kappa shape index (κ2) is 5.95. The van der Waals surface area contributed by atoms with Gasteiger partial charge in [0, 0.05) is 5.56 Å². The summed E-state index contributed by atoms with van der Waals surface area (Å²) in [6.45, 7) is 5.75. The van der Waals surface area contributed by atoms with Crippen LogP contribution in [0.2, 0.25) is 0 Å². The van der Waals surface area contributed by atoms with Crippen molar-refractivity contribution < 1.29 is 4.74 Å². The fourth-order valence-electron chi connectivity index (χ4n) is 1.35. The maximum absolute atomic E-state index is 5.34. The van der Waals surface area contributed by atoms with Gasteiger partial charge in [0.2, 0.25) is 0 Å². The van der Waals surface area contributed by atoms with Gasteiger partial charge in [-0.25, -0.2) is 0 Å². The van der Waals surface area contributed by atoms with Crippen molar-refractivity contribution in [2.75, 3.05) is 7.11 Å². The van der Waals surface area contributed by atoms with E-state index in [1.54, 1.807) is 13.2 Å².